The number of allylic oxidation sites excluding steroid dienone is 2. The van der Waals surface area contributed by atoms with E-state index in [0.717, 1.165) is 25.7 Å². The Morgan fingerprint density at radius 2 is 1.03 bits per heavy atom. The number of carbonyl (C=O) groups excluding carboxylic acids is 2. The molecule has 1 unspecified atom stereocenters. The van der Waals surface area contributed by atoms with Gasteiger partial charge in [0.2, 0.25) is 0 Å². The molecular formula is C29H54O4. The van der Waals surface area contributed by atoms with Crippen molar-refractivity contribution in [1.82, 2.24) is 0 Å². The second-order valence-electron chi connectivity index (χ2n) is 9.48. The Morgan fingerprint density at radius 3 is 1.55 bits per heavy atom. The number of unbranched alkanes of at least 4 members (excludes halogenated alkanes) is 15. The fourth-order valence-corrected chi connectivity index (χ4v) is 3.81. The van der Waals surface area contributed by atoms with E-state index in [-0.39, 0.29) is 24.6 Å². The van der Waals surface area contributed by atoms with Gasteiger partial charge in [0, 0.05) is 12.8 Å². The summed E-state index contributed by atoms with van der Waals surface area (Å²) >= 11 is 0. The minimum absolute atomic E-state index is 0.159. The van der Waals surface area contributed by atoms with E-state index in [9.17, 15) is 9.59 Å². The lowest BCUT2D eigenvalue weighted by Gasteiger charge is -2.13. The molecule has 0 saturated heterocycles. The molecule has 0 heterocycles. The molecule has 0 aromatic heterocycles. The van der Waals surface area contributed by atoms with E-state index in [2.05, 4.69) is 26.0 Å². The van der Waals surface area contributed by atoms with Gasteiger partial charge < -0.3 is 9.47 Å². The van der Waals surface area contributed by atoms with Crippen molar-refractivity contribution in [3.8, 4) is 0 Å². The van der Waals surface area contributed by atoms with E-state index >= 15 is 0 Å². The van der Waals surface area contributed by atoms with Crippen molar-refractivity contribution in [3.05, 3.63) is 12.2 Å². The van der Waals surface area contributed by atoms with Crippen LogP contribution in [0.1, 0.15) is 149 Å². The van der Waals surface area contributed by atoms with E-state index < -0.39 is 0 Å². The maximum Gasteiger partial charge on any atom is 0.306 e. The predicted molar refractivity (Wildman–Crippen MR) is 139 cm³/mol. The van der Waals surface area contributed by atoms with Gasteiger partial charge in [-0.1, -0.05) is 103 Å². The number of hydrogen-bond donors (Lipinski definition) is 0. The van der Waals surface area contributed by atoms with Crippen LogP contribution in [0.5, 0.6) is 0 Å². The van der Waals surface area contributed by atoms with Gasteiger partial charge in [-0.25, -0.2) is 0 Å². The number of ether oxygens (including phenoxy) is 2. The van der Waals surface area contributed by atoms with Gasteiger partial charge in [-0.05, 0) is 45.4 Å². The lowest BCUT2D eigenvalue weighted by molar-refractivity contribution is -0.158. The molecule has 0 saturated carbocycles. The molecular weight excluding hydrogens is 412 g/mol. The average Bonchev–Trinajstić information content (AvgIpc) is 2.80. The SMILES string of the molecule is CCCCCCCC/C=C\CCCCCCCC(=O)OC(C)COC(=O)CCCCCCC. The largest absolute Gasteiger partial charge is 0.462 e. The van der Waals surface area contributed by atoms with Crippen molar-refractivity contribution in [3.63, 3.8) is 0 Å². The van der Waals surface area contributed by atoms with Crippen LogP contribution < -0.4 is 0 Å². The van der Waals surface area contributed by atoms with Gasteiger partial charge in [-0.15, -0.1) is 0 Å². The Labute approximate surface area is 205 Å². The summed E-state index contributed by atoms with van der Waals surface area (Å²) in [7, 11) is 0. The van der Waals surface area contributed by atoms with Crippen LogP contribution >= 0.6 is 0 Å². The molecule has 4 nitrogen and oxygen atoms in total. The van der Waals surface area contributed by atoms with E-state index in [1.165, 1.54) is 89.9 Å². The molecule has 0 amide bonds. The standard InChI is InChI=1S/C29H54O4/c1-4-6-8-10-11-12-13-14-15-16-17-18-19-21-23-25-29(31)33-27(3)26-32-28(30)24-22-20-9-7-5-2/h14-15,27H,4-13,16-26H2,1-3H3/b15-14-. The van der Waals surface area contributed by atoms with Gasteiger partial charge in [0.1, 0.15) is 12.7 Å². The summed E-state index contributed by atoms with van der Waals surface area (Å²) < 4.78 is 10.6. The van der Waals surface area contributed by atoms with Crippen LogP contribution in [0.25, 0.3) is 0 Å². The van der Waals surface area contributed by atoms with E-state index in [1.807, 2.05) is 0 Å². The smallest absolute Gasteiger partial charge is 0.306 e. The van der Waals surface area contributed by atoms with E-state index in [4.69, 9.17) is 9.47 Å². The van der Waals surface area contributed by atoms with Gasteiger partial charge in [-0.3, -0.25) is 9.59 Å². The molecule has 0 bridgehead atoms. The lowest BCUT2D eigenvalue weighted by Crippen LogP contribution is -2.22. The van der Waals surface area contributed by atoms with Crippen LogP contribution in [0.15, 0.2) is 12.2 Å². The third-order valence-electron chi connectivity index (χ3n) is 5.94. The van der Waals surface area contributed by atoms with Crippen LogP contribution in [0, 0.1) is 0 Å². The van der Waals surface area contributed by atoms with Crippen LogP contribution in [0.2, 0.25) is 0 Å². The van der Waals surface area contributed by atoms with Crippen molar-refractivity contribution in [2.24, 2.45) is 0 Å². The summed E-state index contributed by atoms with van der Waals surface area (Å²) in [6.45, 7) is 6.38. The van der Waals surface area contributed by atoms with Gasteiger partial charge >= 0.3 is 11.9 Å². The Hall–Kier alpha value is -1.32. The summed E-state index contributed by atoms with van der Waals surface area (Å²) in [6.07, 6.45) is 26.9. The van der Waals surface area contributed by atoms with Crippen molar-refractivity contribution < 1.29 is 19.1 Å². The zero-order valence-corrected chi connectivity index (χ0v) is 22.2. The number of esters is 2. The predicted octanol–water partition coefficient (Wildman–Crippen LogP) is 8.86. The molecule has 194 valence electrons. The first-order chi connectivity index (χ1) is 16.1. The van der Waals surface area contributed by atoms with Crippen molar-refractivity contribution in [2.45, 2.75) is 155 Å². The first-order valence-electron chi connectivity index (χ1n) is 14.1. The zero-order chi connectivity index (χ0) is 24.4. The lowest BCUT2D eigenvalue weighted by atomic mass is 10.1. The minimum atomic E-state index is -0.371. The molecule has 1 atom stereocenters. The summed E-state index contributed by atoms with van der Waals surface area (Å²) in [5, 5.41) is 0. The first kappa shape index (κ1) is 31.7. The molecule has 0 aromatic rings. The molecule has 0 aliphatic heterocycles. The Balaban J connectivity index is 3.45. The molecule has 4 heteroatoms. The Kier molecular flexibility index (Phi) is 24.3. The van der Waals surface area contributed by atoms with E-state index in [1.54, 1.807) is 6.92 Å². The average molecular weight is 467 g/mol. The molecule has 0 rings (SSSR count). The maximum absolute atomic E-state index is 11.9. The topological polar surface area (TPSA) is 52.6 Å². The van der Waals surface area contributed by atoms with Gasteiger partial charge in [0.05, 0.1) is 0 Å². The molecule has 0 radical (unpaired) electrons. The van der Waals surface area contributed by atoms with Crippen LogP contribution in [0.4, 0.5) is 0 Å². The third-order valence-corrected chi connectivity index (χ3v) is 5.94. The fraction of sp³-hybridized carbons (Fsp3) is 0.862. The highest BCUT2D eigenvalue weighted by molar-refractivity contribution is 5.70. The highest BCUT2D eigenvalue weighted by Gasteiger charge is 2.12. The summed E-state index contributed by atoms with van der Waals surface area (Å²) in [5.74, 6) is -0.373. The van der Waals surface area contributed by atoms with Crippen molar-refractivity contribution in [1.29, 1.82) is 0 Å². The molecule has 0 N–H and O–H groups in total. The minimum Gasteiger partial charge on any atom is -0.462 e. The Morgan fingerprint density at radius 1 is 0.606 bits per heavy atom. The molecule has 33 heavy (non-hydrogen) atoms. The van der Waals surface area contributed by atoms with Crippen molar-refractivity contribution >= 4 is 11.9 Å². The second kappa shape index (κ2) is 25.3. The third kappa shape index (κ3) is 25.1. The normalized spacial score (nSPS) is 12.2. The van der Waals surface area contributed by atoms with Crippen molar-refractivity contribution in [2.75, 3.05) is 6.61 Å². The van der Waals surface area contributed by atoms with E-state index in [0.29, 0.717) is 12.8 Å². The zero-order valence-electron chi connectivity index (χ0n) is 22.2. The summed E-state index contributed by atoms with van der Waals surface area (Å²) in [6, 6.07) is 0. The van der Waals surface area contributed by atoms with Gasteiger partial charge in [0.25, 0.3) is 0 Å². The quantitative estimate of drug-likeness (QED) is 0.0809. The first-order valence-corrected chi connectivity index (χ1v) is 14.1. The molecule has 0 aromatic carbocycles. The van der Waals surface area contributed by atoms with Gasteiger partial charge in [0.15, 0.2) is 0 Å². The molecule has 0 spiro atoms. The van der Waals surface area contributed by atoms with Crippen LogP contribution in [0.3, 0.4) is 0 Å². The highest BCUT2D eigenvalue weighted by Crippen LogP contribution is 2.11. The molecule has 0 aliphatic carbocycles. The number of rotatable bonds is 24. The summed E-state index contributed by atoms with van der Waals surface area (Å²) in [4.78, 5) is 23.7. The van der Waals surface area contributed by atoms with Crippen LogP contribution in [-0.2, 0) is 19.1 Å². The van der Waals surface area contributed by atoms with Crippen LogP contribution in [-0.4, -0.2) is 24.6 Å². The molecule has 0 fully saturated rings. The fourth-order valence-electron chi connectivity index (χ4n) is 3.81. The Bertz CT molecular complexity index is 472. The highest BCUT2D eigenvalue weighted by atomic mass is 16.6. The maximum atomic E-state index is 11.9. The number of hydrogen-bond acceptors (Lipinski definition) is 4. The molecule has 0 aliphatic rings. The number of carbonyl (C=O) groups is 2. The second-order valence-corrected chi connectivity index (χ2v) is 9.48. The monoisotopic (exact) mass is 466 g/mol. The van der Waals surface area contributed by atoms with Gasteiger partial charge in [-0.2, -0.15) is 0 Å². The summed E-state index contributed by atoms with van der Waals surface area (Å²) in [5.41, 5.74) is 0.